The van der Waals surface area contributed by atoms with Gasteiger partial charge in [0.15, 0.2) is 5.82 Å². The Bertz CT molecular complexity index is 422. The maximum Gasteiger partial charge on any atom is 0.151 e. The van der Waals surface area contributed by atoms with Gasteiger partial charge in [0.2, 0.25) is 0 Å². The third kappa shape index (κ3) is 1.98. The molecule has 4 heteroatoms. The first-order chi connectivity index (χ1) is 8.47. The van der Waals surface area contributed by atoms with Crippen LogP contribution in [0.3, 0.4) is 0 Å². The Morgan fingerprint density at radius 1 is 1.39 bits per heavy atom. The molecular formula is C14H26N4. The standard InChI is InChI=1S/C14H26N4/c1-6-12-8-7-10(4)17(12)14-13(15)11(5)16-18(14)9(2)3/h9-10,12H,6-8,15H2,1-5H3. The summed E-state index contributed by atoms with van der Waals surface area (Å²) in [7, 11) is 0. The van der Waals surface area contributed by atoms with E-state index >= 15 is 0 Å². The minimum Gasteiger partial charge on any atom is -0.394 e. The number of nitrogens with two attached hydrogens (primary N) is 1. The third-order valence-corrected chi connectivity index (χ3v) is 4.10. The first kappa shape index (κ1) is 13.2. The van der Waals surface area contributed by atoms with Crippen LogP contribution in [-0.4, -0.2) is 21.9 Å². The van der Waals surface area contributed by atoms with Gasteiger partial charge in [-0.3, -0.25) is 0 Å². The zero-order valence-electron chi connectivity index (χ0n) is 12.3. The van der Waals surface area contributed by atoms with Crippen molar-refractivity contribution in [1.29, 1.82) is 0 Å². The van der Waals surface area contributed by atoms with Gasteiger partial charge >= 0.3 is 0 Å². The van der Waals surface area contributed by atoms with Crippen LogP contribution in [0.1, 0.15) is 58.7 Å². The highest BCUT2D eigenvalue weighted by Gasteiger charge is 2.34. The minimum atomic E-state index is 0.348. The average molecular weight is 250 g/mol. The van der Waals surface area contributed by atoms with Crippen LogP contribution in [0.5, 0.6) is 0 Å². The summed E-state index contributed by atoms with van der Waals surface area (Å²) in [6.07, 6.45) is 3.69. The van der Waals surface area contributed by atoms with Gasteiger partial charge in [0.05, 0.1) is 11.4 Å². The smallest absolute Gasteiger partial charge is 0.151 e. The molecule has 1 aromatic rings. The number of aryl methyl sites for hydroxylation is 1. The van der Waals surface area contributed by atoms with E-state index in [-0.39, 0.29) is 0 Å². The number of hydrogen-bond acceptors (Lipinski definition) is 3. The highest BCUT2D eigenvalue weighted by molar-refractivity contribution is 5.67. The largest absolute Gasteiger partial charge is 0.394 e. The summed E-state index contributed by atoms with van der Waals surface area (Å²) in [5.74, 6) is 1.14. The van der Waals surface area contributed by atoms with Gasteiger partial charge in [-0.2, -0.15) is 5.10 Å². The van der Waals surface area contributed by atoms with Gasteiger partial charge in [0, 0.05) is 18.1 Å². The fourth-order valence-corrected chi connectivity index (χ4v) is 3.02. The van der Waals surface area contributed by atoms with E-state index in [0.29, 0.717) is 18.1 Å². The maximum absolute atomic E-state index is 6.28. The predicted molar refractivity (Wildman–Crippen MR) is 77.0 cm³/mol. The Labute approximate surface area is 110 Å². The molecule has 2 N–H and O–H groups in total. The lowest BCUT2D eigenvalue weighted by atomic mass is 10.1. The molecule has 1 fully saturated rings. The molecule has 0 bridgehead atoms. The molecule has 2 unspecified atom stereocenters. The molecule has 4 nitrogen and oxygen atoms in total. The van der Waals surface area contributed by atoms with E-state index in [1.54, 1.807) is 0 Å². The molecule has 0 amide bonds. The van der Waals surface area contributed by atoms with Crippen molar-refractivity contribution in [3.63, 3.8) is 0 Å². The number of rotatable bonds is 3. The Morgan fingerprint density at radius 2 is 2.06 bits per heavy atom. The molecule has 0 aliphatic carbocycles. The van der Waals surface area contributed by atoms with Gasteiger partial charge in [-0.05, 0) is 47.0 Å². The molecule has 18 heavy (non-hydrogen) atoms. The quantitative estimate of drug-likeness (QED) is 0.896. The van der Waals surface area contributed by atoms with Crippen LogP contribution in [0, 0.1) is 6.92 Å². The normalized spacial score (nSPS) is 24.2. The molecule has 1 aromatic heterocycles. The minimum absolute atomic E-state index is 0.348. The van der Waals surface area contributed by atoms with Gasteiger partial charge in [-0.25, -0.2) is 4.68 Å². The van der Waals surface area contributed by atoms with Crippen molar-refractivity contribution in [2.45, 2.75) is 72.0 Å². The number of nitrogen functional groups attached to an aromatic ring is 1. The van der Waals surface area contributed by atoms with Crippen molar-refractivity contribution in [2.75, 3.05) is 10.6 Å². The zero-order chi connectivity index (χ0) is 13.4. The van der Waals surface area contributed by atoms with Gasteiger partial charge in [0.1, 0.15) is 0 Å². The zero-order valence-corrected chi connectivity index (χ0v) is 12.3. The molecule has 2 atom stereocenters. The molecule has 0 aromatic carbocycles. The molecule has 2 heterocycles. The van der Waals surface area contributed by atoms with Crippen LogP contribution in [0.4, 0.5) is 11.5 Å². The molecule has 102 valence electrons. The summed E-state index contributed by atoms with van der Waals surface area (Å²) < 4.78 is 2.09. The van der Waals surface area contributed by atoms with Crippen molar-refractivity contribution in [1.82, 2.24) is 9.78 Å². The Kier molecular flexibility index (Phi) is 3.55. The highest BCUT2D eigenvalue weighted by Crippen LogP contribution is 2.38. The van der Waals surface area contributed by atoms with Gasteiger partial charge in [-0.15, -0.1) is 0 Å². The van der Waals surface area contributed by atoms with Crippen molar-refractivity contribution < 1.29 is 0 Å². The van der Waals surface area contributed by atoms with E-state index < -0.39 is 0 Å². The average Bonchev–Trinajstić information content (AvgIpc) is 2.81. The van der Waals surface area contributed by atoms with E-state index in [4.69, 9.17) is 5.73 Å². The van der Waals surface area contributed by atoms with Crippen LogP contribution >= 0.6 is 0 Å². The third-order valence-electron chi connectivity index (χ3n) is 4.10. The molecule has 2 rings (SSSR count). The number of hydrogen-bond donors (Lipinski definition) is 1. The second-order valence-electron chi connectivity index (χ2n) is 5.76. The maximum atomic E-state index is 6.28. The summed E-state index contributed by atoms with van der Waals surface area (Å²) in [6.45, 7) is 10.9. The first-order valence-corrected chi connectivity index (χ1v) is 7.10. The van der Waals surface area contributed by atoms with Crippen molar-refractivity contribution >= 4 is 11.5 Å². The van der Waals surface area contributed by atoms with Crippen LogP contribution < -0.4 is 10.6 Å². The second kappa shape index (κ2) is 4.82. The first-order valence-electron chi connectivity index (χ1n) is 7.10. The number of anilines is 2. The van der Waals surface area contributed by atoms with Crippen LogP contribution in [0.15, 0.2) is 0 Å². The lowest BCUT2D eigenvalue weighted by Crippen LogP contribution is -2.36. The Balaban J connectivity index is 2.48. The molecule has 0 radical (unpaired) electrons. The van der Waals surface area contributed by atoms with E-state index in [2.05, 4.69) is 42.4 Å². The molecule has 0 spiro atoms. The predicted octanol–water partition coefficient (Wildman–Crippen LogP) is 3.12. The molecule has 1 aliphatic rings. The summed E-state index contributed by atoms with van der Waals surface area (Å²) >= 11 is 0. The van der Waals surface area contributed by atoms with Crippen LogP contribution in [0.2, 0.25) is 0 Å². The molecule has 1 saturated heterocycles. The van der Waals surface area contributed by atoms with Crippen molar-refractivity contribution in [2.24, 2.45) is 0 Å². The lowest BCUT2D eigenvalue weighted by Gasteiger charge is -2.31. The van der Waals surface area contributed by atoms with E-state index in [1.165, 1.54) is 19.3 Å². The SMILES string of the molecule is CCC1CCC(C)N1c1c(N)c(C)nn1C(C)C. The van der Waals surface area contributed by atoms with Crippen LogP contribution in [0.25, 0.3) is 0 Å². The van der Waals surface area contributed by atoms with Crippen molar-refractivity contribution in [3.8, 4) is 0 Å². The summed E-state index contributed by atoms with van der Waals surface area (Å²) in [6, 6.07) is 1.52. The number of nitrogens with zero attached hydrogens (tertiary/aromatic N) is 3. The van der Waals surface area contributed by atoms with Gasteiger partial charge in [0.25, 0.3) is 0 Å². The Hall–Kier alpha value is -1.19. The lowest BCUT2D eigenvalue weighted by molar-refractivity contribution is 0.506. The summed E-state index contributed by atoms with van der Waals surface area (Å²) in [4.78, 5) is 2.50. The van der Waals surface area contributed by atoms with E-state index in [1.807, 2.05) is 6.92 Å². The van der Waals surface area contributed by atoms with Gasteiger partial charge in [-0.1, -0.05) is 6.92 Å². The van der Waals surface area contributed by atoms with Gasteiger partial charge < -0.3 is 10.6 Å². The molecule has 1 aliphatic heterocycles. The fraction of sp³-hybridized carbons (Fsp3) is 0.786. The summed E-state index contributed by atoms with van der Waals surface area (Å²) in [5.41, 5.74) is 8.08. The fourth-order valence-electron chi connectivity index (χ4n) is 3.02. The van der Waals surface area contributed by atoms with E-state index in [0.717, 1.165) is 17.2 Å². The summed E-state index contributed by atoms with van der Waals surface area (Å²) in [5, 5.41) is 4.61. The van der Waals surface area contributed by atoms with Crippen LogP contribution in [-0.2, 0) is 0 Å². The number of aromatic nitrogens is 2. The monoisotopic (exact) mass is 250 g/mol. The van der Waals surface area contributed by atoms with E-state index in [9.17, 15) is 0 Å². The Morgan fingerprint density at radius 3 is 2.61 bits per heavy atom. The van der Waals surface area contributed by atoms with Crippen molar-refractivity contribution in [3.05, 3.63) is 5.69 Å². The molecular weight excluding hydrogens is 224 g/mol. The second-order valence-corrected chi connectivity index (χ2v) is 5.76. The topological polar surface area (TPSA) is 47.1 Å². The highest BCUT2D eigenvalue weighted by atomic mass is 15.4. The molecule has 0 saturated carbocycles.